The molecule has 5 rings (SSSR count). The Morgan fingerprint density at radius 1 is 1.18 bits per heavy atom. The normalized spacial score (nSPS) is 20.2. The van der Waals surface area contributed by atoms with Crippen molar-refractivity contribution in [2.45, 2.75) is 45.1 Å². The lowest BCUT2D eigenvalue weighted by Crippen LogP contribution is -2.49. The van der Waals surface area contributed by atoms with Gasteiger partial charge in [0.05, 0.1) is 19.2 Å². The highest BCUT2D eigenvalue weighted by atomic mass is 19.1. The Morgan fingerprint density at radius 2 is 1.95 bits per heavy atom. The van der Waals surface area contributed by atoms with Gasteiger partial charge in [-0.05, 0) is 25.8 Å². The molecule has 3 aliphatic heterocycles. The van der Waals surface area contributed by atoms with Crippen LogP contribution in [-0.2, 0) is 22.6 Å². The van der Waals surface area contributed by atoms with Gasteiger partial charge in [0.25, 0.3) is 11.8 Å². The Bertz CT molecular complexity index is 1340. The lowest BCUT2D eigenvalue weighted by molar-refractivity contribution is 0.00445. The van der Waals surface area contributed by atoms with Crippen molar-refractivity contribution in [1.82, 2.24) is 19.7 Å². The van der Waals surface area contributed by atoms with Crippen LogP contribution in [0.25, 0.3) is 0 Å². The van der Waals surface area contributed by atoms with E-state index in [9.17, 15) is 28.0 Å². The van der Waals surface area contributed by atoms with Gasteiger partial charge in [-0.2, -0.15) is 0 Å². The van der Waals surface area contributed by atoms with E-state index >= 15 is 0 Å². The number of aromatic nitrogens is 1. The minimum absolute atomic E-state index is 0.0160. The largest absolute Gasteiger partial charge is 0.451 e. The lowest BCUT2D eigenvalue weighted by Gasteiger charge is -2.34. The zero-order valence-electron chi connectivity index (χ0n) is 20.6. The van der Waals surface area contributed by atoms with Crippen LogP contribution in [0.4, 0.5) is 13.6 Å². The van der Waals surface area contributed by atoms with Crippen molar-refractivity contribution in [2.24, 2.45) is 0 Å². The Morgan fingerprint density at radius 3 is 2.68 bits per heavy atom. The molecule has 2 saturated heterocycles. The summed E-state index contributed by atoms with van der Waals surface area (Å²) in [4.78, 5) is 55.0. The average molecular weight is 533 g/mol. The fourth-order valence-corrected chi connectivity index (χ4v) is 4.82. The van der Waals surface area contributed by atoms with Gasteiger partial charge in [-0.25, -0.2) is 13.6 Å². The van der Waals surface area contributed by atoms with Crippen molar-refractivity contribution in [1.29, 1.82) is 0 Å². The van der Waals surface area contributed by atoms with E-state index in [-0.39, 0.29) is 36.0 Å². The third-order valence-corrected chi connectivity index (χ3v) is 6.79. The monoisotopic (exact) mass is 532 g/mol. The van der Waals surface area contributed by atoms with Gasteiger partial charge < -0.3 is 33.9 Å². The number of benzene rings is 1. The van der Waals surface area contributed by atoms with E-state index in [2.05, 4.69) is 5.32 Å². The van der Waals surface area contributed by atoms with Crippen LogP contribution >= 0.6 is 0 Å². The quantitative estimate of drug-likeness (QED) is 0.564. The summed E-state index contributed by atoms with van der Waals surface area (Å²) in [5.74, 6) is -3.44. The third-order valence-electron chi connectivity index (χ3n) is 6.79. The van der Waals surface area contributed by atoms with Crippen LogP contribution in [0.1, 0.15) is 46.2 Å². The van der Waals surface area contributed by atoms with E-state index in [1.54, 1.807) is 6.92 Å². The summed E-state index contributed by atoms with van der Waals surface area (Å²) in [6.45, 7) is 2.37. The molecule has 3 aliphatic rings. The number of hydrogen-bond acceptors (Lipinski definition) is 7. The van der Waals surface area contributed by atoms with E-state index in [0.29, 0.717) is 25.8 Å². The van der Waals surface area contributed by atoms with Gasteiger partial charge in [-0.3, -0.25) is 14.4 Å². The first-order valence-electron chi connectivity index (χ1n) is 12.2. The summed E-state index contributed by atoms with van der Waals surface area (Å²) < 4.78 is 45.0. The molecule has 11 nitrogen and oxygen atoms in total. The Balaban J connectivity index is 1.42. The first-order valence-corrected chi connectivity index (χ1v) is 12.2. The van der Waals surface area contributed by atoms with Gasteiger partial charge in [0.2, 0.25) is 18.0 Å². The number of fused-ring (bicyclic) bond motifs is 2. The molecule has 0 aliphatic carbocycles. The second-order valence-electron chi connectivity index (χ2n) is 9.34. The summed E-state index contributed by atoms with van der Waals surface area (Å²) in [7, 11) is 0. The number of nitrogens with zero attached hydrogens (tertiary/aromatic N) is 3. The maximum absolute atomic E-state index is 14.0. The molecule has 38 heavy (non-hydrogen) atoms. The molecule has 4 heterocycles. The van der Waals surface area contributed by atoms with Gasteiger partial charge >= 0.3 is 6.09 Å². The minimum atomic E-state index is -0.898. The Kier molecular flexibility index (Phi) is 7.02. The Labute approximate surface area is 215 Å². The van der Waals surface area contributed by atoms with Crippen LogP contribution in [0, 0.1) is 11.6 Å². The molecule has 2 aromatic rings. The van der Waals surface area contributed by atoms with Crippen LogP contribution in [0.5, 0.6) is 5.75 Å². The lowest BCUT2D eigenvalue weighted by atomic mass is 10.1. The number of amides is 3. The number of carbonyl (C=O) groups is 3. The Hall–Kier alpha value is -4.00. The molecule has 3 amide bonds. The second kappa shape index (κ2) is 10.4. The summed E-state index contributed by atoms with van der Waals surface area (Å²) >= 11 is 0. The van der Waals surface area contributed by atoms with Crippen LogP contribution in [0.15, 0.2) is 29.2 Å². The number of ether oxygens (including phenoxy) is 3. The van der Waals surface area contributed by atoms with Gasteiger partial charge in [0.15, 0.2) is 11.9 Å². The van der Waals surface area contributed by atoms with Crippen molar-refractivity contribution < 1.29 is 37.4 Å². The van der Waals surface area contributed by atoms with E-state index < -0.39 is 53.7 Å². The molecule has 2 unspecified atom stereocenters. The molecule has 1 N–H and O–H groups in total. The van der Waals surface area contributed by atoms with E-state index in [1.165, 1.54) is 26.6 Å². The van der Waals surface area contributed by atoms with Gasteiger partial charge in [0, 0.05) is 37.5 Å². The summed E-state index contributed by atoms with van der Waals surface area (Å²) in [5.41, 5.74) is -1.35. The first-order chi connectivity index (χ1) is 18.2. The highest BCUT2D eigenvalue weighted by Crippen LogP contribution is 2.30. The van der Waals surface area contributed by atoms with Crippen LogP contribution in [0.3, 0.4) is 0 Å². The fraction of sp³-hybridized carbons (Fsp3) is 0.440. The SMILES string of the molecule is CC1COC2Cn3cc(C(=O)NCc4ccc(F)cc4F)c(=O)c(OCOC(=O)N4CCCC4)c3C(=O)N12. The van der Waals surface area contributed by atoms with Crippen LogP contribution in [-0.4, -0.2) is 71.0 Å². The van der Waals surface area contributed by atoms with Crippen molar-refractivity contribution in [2.75, 3.05) is 26.5 Å². The maximum atomic E-state index is 14.0. The molecule has 202 valence electrons. The summed E-state index contributed by atoms with van der Waals surface area (Å²) in [6.07, 6.45) is 1.72. The molecule has 0 radical (unpaired) electrons. The smallest absolute Gasteiger partial charge is 0.412 e. The highest BCUT2D eigenvalue weighted by molar-refractivity contribution is 5.99. The van der Waals surface area contributed by atoms with E-state index in [1.807, 2.05) is 0 Å². The zero-order chi connectivity index (χ0) is 27.0. The first kappa shape index (κ1) is 25.6. The van der Waals surface area contributed by atoms with Crippen molar-refractivity contribution in [3.63, 3.8) is 0 Å². The van der Waals surface area contributed by atoms with Gasteiger partial charge in [-0.1, -0.05) is 6.07 Å². The molecule has 13 heteroatoms. The molecular formula is C25H26F2N4O7. The molecule has 2 atom stereocenters. The average Bonchev–Trinajstić information content (AvgIpc) is 3.55. The second-order valence-corrected chi connectivity index (χ2v) is 9.34. The third kappa shape index (κ3) is 4.80. The standard InChI is InChI=1S/C25H26F2N4O7/c1-14-12-36-19-11-30-10-17(23(33)28-9-15-4-5-16(26)8-18(15)27)21(32)22(20(30)24(34)31(14)19)37-13-38-25(35)29-6-2-3-7-29/h4-5,8,10,14,19H,2-3,6-7,9,11-13H2,1H3,(H,28,33). The summed E-state index contributed by atoms with van der Waals surface area (Å²) in [6, 6.07) is 2.67. The molecular weight excluding hydrogens is 506 g/mol. The number of rotatable bonds is 6. The molecule has 1 aromatic carbocycles. The maximum Gasteiger partial charge on any atom is 0.412 e. The minimum Gasteiger partial charge on any atom is -0.451 e. The number of halogens is 2. The predicted octanol–water partition coefficient (Wildman–Crippen LogP) is 1.83. The van der Waals surface area contributed by atoms with Crippen LogP contribution < -0.4 is 15.5 Å². The predicted molar refractivity (Wildman–Crippen MR) is 126 cm³/mol. The molecule has 1 aromatic heterocycles. The number of carbonyl (C=O) groups excluding carboxylic acids is 3. The van der Waals surface area contributed by atoms with Crippen LogP contribution in [0.2, 0.25) is 0 Å². The number of nitrogens with one attached hydrogen (secondary N) is 1. The van der Waals surface area contributed by atoms with E-state index in [0.717, 1.165) is 18.9 Å². The van der Waals surface area contributed by atoms with Gasteiger partial charge in [-0.15, -0.1) is 0 Å². The van der Waals surface area contributed by atoms with Gasteiger partial charge in [0.1, 0.15) is 17.2 Å². The summed E-state index contributed by atoms with van der Waals surface area (Å²) in [5, 5.41) is 2.44. The molecule has 2 fully saturated rings. The van der Waals surface area contributed by atoms with E-state index in [4.69, 9.17) is 14.2 Å². The zero-order valence-corrected chi connectivity index (χ0v) is 20.6. The van der Waals surface area contributed by atoms with Crippen molar-refractivity contribution in [3.8, 4) is 5.75 Å². The number of pyridine rings is 1. The van der Waals surface area contributed by atoms with Crippen molar-refractivity contribution in [3.05, 3.63) is 63.1 Å². The van der Waals surface area contributed by atoms with Crippen molar-refractivity contribution >= 4 is 17.9 Å². The number of hydrogen-bond donors (Lipinski definition) is 1. The molecule has 0 saturated carbocycles. The fourth-order valence-electron chi connectivity index (χ4n) is 4.82. The highest BCUT2D eigenvalue weighted by Gasteiger charge is 2.43. The molecule has 0 bridgehead atoms. The topological polar surface area (TPSA) is 119 Å². The molecule has 0 spiro atoms. The number of likely N-dealkylation sites (tertiary alicyclic amines) is 1.